The first kappa shape index (κ1) is 13.5. The van der Waals surface area contributed by atoms with Crippen LogP contribution in [0.1, 0.15) is 30.1 Å². The van der Waals surface area contributed by atoms with E-state index in [0.717, 1.165) is 10.2 Å². The molecule has 2 nitrogen and oxygen atoms in total. The molecule has 0 saturated carbocycles. The number of hydrogen-bond acceptors (Lipinski definition) is 2. The van der Waals surface area contributed by atoms with Crippen molar-refractivity contribution in [2.75, 3.05) is 12.5 Å². The van der Waals surface area contributed by atoms with Crippen molar-refractivity contribution in [2.24, 2.45) is 0 Å². The lowest BCUT2D eigenvalue weighted by molar-refractivity contribution is 0.0982. The van der Waals surface area contributed by atoms with Gasteiger partial charge in [0, 0.05) is 17.9 Å². The molecule has 0 aliphatic heterocycles. The van der Waals surface area contributed by atoms with Crippen LogP contribution in [0.5, 0.6) is 5.75 Å². The zero-order valence-electron chi connectivity index (χ0n) is 9.13. The molecule has 1 rings (SSSR count). The van der Waals surface area contributed by atoms with Crippen LogP contribution in [0.4, 0.5) is 0 Å². The van der Waals surface area contributed by atoms with E-state index >= 15 is 0 Å². The van der Waals surface area contributed by atoms with Gasteiger partial charge in [0.25, 0.3) is 0 Å². The van der Waals surface area contributed by atoms with Gasteiger partial charge in [-0.15, -0.1) is 11.6 Å². The Balaban J connectivity index is 2.76. The summed E-state index contributed by atoms with van der Waals surface area (Å²) in [5.74, 6) is 1.39. The maximum absolute atomic E-state index is 11.7. The molecule has 0 N–H and O–H groups in total. The summed E-state index contributed by atoms with van der Waals surface area (Å²) < 4.78 is 6.18. The third-order valence-corrected chi connectivity index (χ3v) is 2.98. The minimum absolute atomic E-state index is 0.115. The highest BCUT2D eigenvalue weighted by Crippen LogP contribution is 2.26. The fourth-order valence-electron chi connectivity index (χ4n) is 1.32. The zero-order chi connectivity index (χ0) is 12.0. The predicted molar refractivity (Wildman–Crippen MR) is 69.6 cm³/mol. The maximum atomic E-state index is 11.7. The maximum Gasteiger partial charge on any atom is 0.162 e. The van der Waals surface area contributed by atoms with Crippen molar-refractivity contribution in [2.45, 2.75) is 19.8 Å². The molecule has 16 heavy (non-hydrogen) atoms. The summed E-state index contributed by atoms with van der Waals surface area (Å²) in [6.07, 6.45) is 1.20. The average molecular weight is 306 g/mol. The largest absolute Gasteiger partial charge is 0.493 e. The van der Waals surface area contributed by atoms with E-state index in [-0.39, 0.29) is 5.78 Å². The molecule has 0 radical (unpaired) electrons. The molecular weight excluding hydrogens is 291 g/mol. The van der Waals surface area contributed by atoms with E-state index in [1.165, 1.54) is 0 Å². The van der Waals surface area contributed by atoms with Gasteiger partial charge in [-0.3, -0.25) is 4.79 Å². The molecule has 0 fully saturated rings. The Bertz CT molecular complexity index is 366. The Morgan fingerprint density at radius 3 is 2.81 bits per heavy atom. The van der Waals surface area contributed by atoms with Gasteiger partial charge >= 0.3 is 0 Å². The van der Waals surface area contributed by atoms with E-state index in [1.807, 2.05) is 13.0 Å². The van der Waals surface area contributed by atoms with Crippen molar-refractivity contribution >= 4 is 33.3 Å². The number of halogens is 2. The van der Waals surface area contributed by atoms with Crippen LogP contribution < -0.4 is 4.74 Å². The number of ether oxygens (including phenoxy) is 1. The topological polar surface area (TPSA) is 26.3 Å². The number of carbonyl (C=O) groups is 1. The third kappa shape index (κ3) is 3.80. The van der Waals surface area contributed by atoms with E-state index in [9.17, 15) is 4.79 Å². The molecule has 88 valence electrons. The van der Waals surface area contributed by atoms with Gasteiger partial charge in [0.1, 0.15) is 5.75 Å². The molecule has 0 aromatic heterocycles. The molecule has 0 unspecified atom stereocenters. The number of benzene rings is 1. The smallest absolute Gasteiger partial charge is 0.162 e. The summed E-state index contributed by atoms with van der Waals surface area (Å²) in [6.45, 7) is 2.53. The minimum Gasteiger partial charge on any atom is -0.493 e. The van der Waals surface area contributed by atoms with Crippen molar-refractivity contribution in [3.8, 4) is 5.75 Å². The fourth-order valence-corrected chi connectivity index (χ4v) is 1.95. The summed E-state index contributed by atoms with van der Waals surface area (Å²) in [5.41, 5.74) is 0.695. The SMILES string of the molecule is CCOc1ccc(C(=O)CCCCl)cc1Br. The number of rotatable bonds is 6. The van der Waals surface area contributed by atoms with Crippen LogP contribution in [0, 0.1) is 0 Å². The highest BCUT2D eigenvalue weighted by atomic mass is 79.9. The molecule has 0 bridgehead atoms. The monoisotopic (exact) mass is 304 g/mol. The highest BCUT2D eigenvalue weighted by molar-refractivity contribution is 9.10. The van der Waals surface area contributed by atoms with Gasteiger partial charge in [0.15, 0.2) is 5.78 Å². The first-order chi connectivity index (χ1) is 7.69. The Morgan fingerprint density at radius 1 is 1.50 bits per heavy atom. The Hall–Kier alpha value is -0.540. The first-order valence-corrected chi connectivity index (χ1v) is 6.53. The Morgan fingerprint density at radius 2 is 2.25 bits per heavy atom. The van der Waals surface area contributed by atoms with Crippen LogP contribution in [0.25, 0.3) is 0 Å². The van der Waals surface area contributed by atoms with E-state index in [4.69, 9.17) is 16.3 Å². The molecule has 1 aromatic carbocycles. The van der Waals surface area contributed by atoms with Crippen LogP contribution >= 0.6 is 27.5 Å². The summed E-state index contributed by atoms with van der Waals surface area (Å²) in [6, 6.07) is 5.38. The molecule has 0 amide bonds. The van der Waals surface area contributed by atoms with E-state index in [0.29, 0.717) is 30.9 Å². The molecule has 0 spiro atoms. The number of carbonyl (C=O) groups excluding carboxylic acids is 1. The van der Waals surface area contributed by atoms with Crippen molar-refractivity contribution in [3.63, 3.8) is 0 Å². The molecule has 4 heteroatoms. The van der Waals surface area contributed by atoms with Crippen LogP contribution in [-0.4, -0.2) is 18.3 Å². The summed E-state index contributed by atoms with van der Waals surface area (Å²) in [7, 11) is 0. The van der Waals surface area contributed by atoms with Crippen LogP contribution in [0.2, 0.25) is 0 Å². The van der Waals surface area contributed by atoms with Crippen LogP contribution in [0.3, 0.4) is 0 Å². The molecule has 0 aliphatic carbocycles. The standard InChI is InChI=1S/C12H14BrClO2/c1-2-16-12-6-5-9(8-10(12)13)11(15)4-3-7-14/h5-6,8H,2-4,7H2,1H3. The Kier molecular flexibility index (Phi) is 5.85. The number of ketones is 1. The molecular formula is C12H14BrClO2. The molecule has 1 aromatic rings. The van der Waals surface area contributed by atoms with Gasteiger partial charge in [-0.1, -0.05) is 0 Å². The second kappa shape index (κ2) is 6.92. The van der Waals surface area contributed by atoms with Crippen molar-refractivity contribution in [1.29, 1.82) is 0 Å². The predicted octanol–water partition coefficient (Wildman–Crippen LogP) is 4.05. The van der Waals surface area contributed by atoms with Crippen molar-refractivity contribution < 1.29 is 9.53 Å². The summed E-state index contributed by atoms with van der Waals surface area (Å²) in [4.78, 5) is 11.7. The lowest BCUT2D eigenvalue weighted by Crippen LogP contribution is -2.00. The van der Waals surface area contributed by atoms with Gasteiger partial charge in [-0.2, -0.15) is 0 Å². The Labute approximate surface area is 109 Å². The van der Waals surface area contributed by atoms with Crippen LogP contribution in [0.15, 0.2) is 22.7 Å². The molecule has 0 aliphatic rings. The van der Waals surface area contributed by atoms with Gasteiger partial charge in [-0.25, -0.2) is 0 Å². The van der Waals surface area contributed by atoms with Gasteiger partial charge in [0.05, 0.1) is 11.1 Å². The van der Waals surface area contributed by atoms with Crippen LogP contribution in [-0.2, 0) is 0 Å². The molecule has 0 saturated heterocycles. The summed E-state index contributed by atoms with van der Waals surface area (Å²) in [5, 5.41) is 0. The zero-order valence-corrected chi connectivity index (χ0v) is 11.5. The quantitative estimate of drug-likeness (QED) is 0.585. The van der Waals surface area contributed by atoms with Gasteiger partial charge in [-0.05, 0) is 47.5 Å². The van der Waals surface area contributed by atoms with E-state index < -0.39 is 0 Å². The highest BCUT2D eigenvalue weighted by Gasteiger charge is 2.08. The summed E-state index contributed by atoms with van der Waals surface area (Å²) >= 11 is 8.93. The minimum atomic E-state index is 0.115. The number of alkyl halides is 1. The lowest BCUT2D eigenvalue weighted by Gasteiger charge is -2.07. The third-order valence-electron chi connectivity index (χ3n) is 2.09. The first-order valence-electron chi connectivity index (χ1n) is 5.20. The van der Waals surface area contributed by atoms with Crippen molar-refractivity contribution in [1.82, 2.24) is 0 Å². The second-order valence-corrected chi connectivity index (χ2v) is 4.53. The number of hydrogen-bond donors (Lipinski definition) is 0. The average Bonchev–Trinajstić information content (AvgIpc) is 2.29. The van der Waals surface area contributed by atoms with E-state index in [2.05, 4.69) is 15.9 Å². The van der Waals surface area contributed by atoms with Crippen molar-refractivity contribution in [3.05, 3.63) is 28.2 Å². The van der Waals surface area contributed by atoms with Gasteiger partial charge in [0.2, 0.25) is 0 Å². The number of Topliss-reactive ketones (excluding diaryl/α,β-unsaturated/α-hetero) is 1. The molecule has 0 atom stereocenters. The molecule has 0 heterocycles. The fraction of sp³-hybridized carbons (Fsp3) is 0.417. The lowest BCUT2D eigenvalue weighted by atomic mass is 10.1. The van der Waals surface area contributed by atoms with E-state index in [1.54, 1.807) is 12.1 Å². The normalized spacial score (nSPS) is 10.2. The second-order valence-electron chi connectivity index (χ2n) is 3.29. The van der Waals surface area contributed by atoms with Gasteiger partial charge < -0.3 is 4.74 Å².